The molecule has 0 aromatic heterocycles. The monoisotopic (exact) mass is 449 g/mol. The van der Waals surface area contributed by atoms with Crippen molar-refractivity contribution < 1.29 is 14.4 Å². The molecule has 2 N–H and O–H groups in total. The molecule has 6 heteroatoms. The summed E-state index contributed by atoms with van der Waals surface area (Å²) in [5.41, 5.74) is 0.923. The second-order valence-corrected chi connectivity index (χ2v) is 9.96. The molecule has 0 spiro atoms. The van der Waals surface area contributed by atoms with Crippen molar-refractivity contribution in [1.29, 1.82) is 0 Å². The van der Waals surface area contributed by atoms with Gasteiger partial charge in [-0.15, -0.1) is 0 Å². The van der Waals surface area contributed by atoms with E-state index in [0.29, 0.717) is 19.0 Å². The number of hydrogen-bond acceptors (Lipinski definition) is 3. The molecule has 2 aliphatic rings. The van der Waals surface area contributed by atoms with Crippen LogP contribution in [0.3, 0.4) is 0 Å². The zero-order valence-corrected chi connectivity index (χ0v) is 19.7. The largest absolute Gasteiger partial charge is 0.356 e. The van der Waals surface area contributed by atoms with Crippen LogP contribution in [0.4, 0.5) is 0 Å². The molecule has 4 rings (SSSR count). The van der Waals surface area contributed by atoms with Crippen molar-refractivity contribution in [2.24, 2.45) is 17.8 Å². The minimum Gasteiger partial charge on any atom is -0.356 e. The molecule has 2 atom stereocenters. The molecule has 0 bridgehead atoms. The normalized spacial score (nSPS) is 19.4. The summed E-state index contributed by atoms with van der Waals surface area (Å²) in [4.78, 5) is 40.5. The number of carbonyl (C=O) groups is 3. The van der Waals surface area contributed by atoms with E-state index in [1.54, 1.807) is 4.90 Å². The maximum atomic E-state index is 13.3. The summed E-state index contributed by atoms with van der Waals surface area (Å²) in [5, 5.41) is 8.26. The molecule has 2 aromatic carbocycles. The van der Waals surface area contributed by atoms with Gasteiger partial charge in [0.15, 0.2) is 0 Å². The first-order valence-electron chi connectivity index (χ1n) is 12.2. The van der Waals surface area contributed by atoms with E-state index < -0.39 is 6.04 Å². The Morgan fingerprint density at radius 2 is 1.79 bits per heavy atom. The minimum absolute atomic E-state index is 0.0397. The van der Waals surface area contributed by atoms with E-state index in [1.807, 2.05) is 56.3 Å². The Labute approximate surface area is 196 Å². The van der Waals surface area contributed by atoms with Gasteiger partial charge in [-0.25, -0.2) is 0 Å². The quantitative estimate of drug-likeness (QED) is 0.649. The van der Waals surface area contributed by atoms with Crippen LogP contribution in [0.2, 0.25) is 0 Å². The Morgan fingerprint density at radius 3 is 2.52 bits per heavy atom. The molecule has 1 aliphatic heterocycles. The summed E-state index contributed by atoms with van der Waals surface area (Å²) in [5.74, 6) is 0.244. The van der Waals surface area contributed by atoms with Crippen molar-refractivity contribution in [2.75, 3.05) is 19.6 Å². The molecule has 33 heavy (non-hydrogen) atoms. The molecule has 1 aliphatic carbocycles. The van der Waals surface area contributed by atoms with E-state index in [2.05, 4.69) is 10.6 Å². The molecule has 0 unspecified atom stereocenters. The highest BCUT2D eigenvalue weighted by molar-refractivity contribution is 5.90. The fourth-order valence-corrected chi connectivity index (χ4v) is 4.57. The molecule has 3 amide bonds. The number of hydrogen-bond donors (Lipinski definition) is 2. The predicted octanol–water partition coefficient (Wildman–Crippen LogP) is 3.29. The number of piperidine rings is 1. The first-order valence-corrected chi connectivity index (χ1v) is 12.2. The number of benzene rings is 2. The summed E-state index contributed by atoms with van der Waals surface area (Å²) >= 11 is 0. The Bertz CT molecular complexity index is 1010. The fourth-order valence-electron chi connectivity index (χ4n) is 4.57. The first-order chi connectivity index (χ1) is 15.9. The van der Waals surface area contributed by atoms with E-state index in [-0.39, 0.29) is 36.0 Å². The van der Waals surface area contributed by atoms with Gasteiger partial charge >= 0.3 is 0 Å². The Hall–Kier alpha value is -2.89. The van der Waals surface area contributed by atoms with Crippen LogP contribution in [-0.4, -0.2) is 48.3 Å². The van der Waals surface area contributed by atoms with Crippen LogP contribution < -0.4 is 10.6 Å². The molecular formula is C27H35N3O3. The number of fused-ring (bicyclic) bond motifs is 1. The van der Waals surface area contributed by atoms with Crippen LogP contribution in [0.5, 0.6) is 0 Å². The third kappa shape index (κ3) is 6.12. The Balaban J connectivity index is 1.35. The number of rotatable bonds is 8. The van der Waals surface area contributed by atoms with Gasteiger partial charge in [0.05, 0.1) is 12.3 Å². The zero-order valence-electron chi connectivity index (χ0n) is 19.7. The van der Waals surface area contributed by atoms with Gasteiger partial charge in [0.2, 0.25) is 17.7 Å². The van der Waals surface area contributed by atoms with Gasteiger partial charge in [0.25, 0.3) is 0 Å². The molecule has 6 nitrogen and oxygen atoms in total. The van der Waals surface area contributed by atoms with E-state index in [1.165, 1.54) is 12.8 Å². The van der Waals surface area contributed by atoms with Crippen molar-refractivity contribution >= 4 is 28.5 Å². The second-order valence-electron chi connectivity index (χ2n) is 9.96. The van der Waals surface area contributed by atoms with E-state index >= 15 is 0 Å². The molecule has 2 aromatic rings. The standard InChI is InChI=1S/C27H35N3O3/c1-18(2)25(29-24(31)15-20-11-12-21-6-3-4-7-22(21)14-20)27(33)30-13-5-8-23(17-30)26(32)28-16-19-9-10-19/h3-4,6-7,11-12,14,18-19,23,25H,5,8-10,13,15-17H2,1-2H3,(H,28,32)(H,29,31)/t23-,25-/m0/s1. The molecule has 1 saturated heterocycles. The van der Waals surface area contributed by atoms with Gasteiger partial charge in [0, 0.05) is 19.6 Å². The topological polar surface area (TPSA) is 78.5 Å². The average Bonchev–Trinajstić information content (AvgIpc) is 3.65. The molecule has 2 fully saturated rings. The summed E-state index contributed by atoms with van der Waals surface area (Å²) in [6.45, 7) is 5.71. The summed E-state index contributed by atoms with van der Waals surface area (Å²) < 4.78 is 0. The van der Waals surface area contributed by atoms with Crippen LogP contribution in [-0.2, 0) is 20.8 Å². The van der Waals surface area contributed by atoms with Gasteiger partial charge in [-0.05, 0) is 53.9 Å². The number of amides is 3. The predicted molar refractivity (Wildman–Crippen MR) is 129 cm³/mol. The van der Waals surface area contributed by atoms with Crippen molar-refractivity contribution in [3.05, 3.63) is 48.0 Å². The van der Waals surface area contributed by atoms with Crippen molar-refractivity contribution in [3.8, 4) is 0 Å². The average molecular weight is 450 g/mol. The van der Waals surface area contributed by atoms with E-state index in [9.17, 15) is 14.4 Å². The van der Waals surface area contributed by atoms with Gasteiger partial charge in [-0.2, -0.15) is 0 Å². The molecule has 1 saturated carbocycles. The van der Waals surface area contributed by atoms with Crippen molar-refractivity contribution in [2.45, 2.75) is 52.0 Å². The van der Waals surface area contributed by atoms with Crippen molar-refractivity contribution in [1.82, 2.24) is 15.5 Å². The van der Waals surface area contributed by atoms with Crippen LogP contribution in [0, 0.1) is 17.8 Å². The second kappa shape index (κ2) is 10.4. The van der Waals surface area contributed by atoms with Crippen LogP contribution in [0.1, 0.15) is 45.1 Å². The zero-order chi connectivity index (χ0) is 23.4. The summed E-state index contributed by atoms with van der Waals surface area (Å²) in [6, 6.07) is 13.5. The minimum atomic E-state index is -0.591. The highest BCUT2D eigenvalue weighted by Crippen LogP contribution is 2.28. The highest BCUT2D eigenvalue weighted by atomic mass is 16.2. The third-order valence-electron chi connectivity index (χ3n) is 6.79. The van der Waals surface area contributed by atoms with Crippen LogP contribution >= 0.6 is 0 Å². The van der Waals surface area contributed by atoms with Crippen LogP contribution in [0.25, 0.3) is 10.8 Å². The number of likely N-dealkylation sites (tertiary alicyclic amines) is 1. The van der Waals surface area contributed by atoms with E-state index in [4.69, 9.17) is 0 Å². The smallest absolute Gasteiger partial charge is 0.245 e. The lowest BCUT2D eigenvalue weighted by Gasteiger charge is -2.35. The van der Waals surface area contributed by atoms with Crippen molar-refractivity contribution in [3.63, 3.8) is 0 Å². The molecular weight excluding hydrogens is 414 g/mol. The Kier molecular flexibility index (Phi) is 7.31. The highest BCUT2D eigenvalue weighted by Gasteiger charge is 2.34. The lowest BCUT2D eigenvalue weighted by atomic mass is 9.94. The first kappa shape index (κ1) is 23.3. The maximum absolute atomic E-state index is 13.3. The van der Waals surface area contributed by atoms with Gasteiger partial charge in [-0.3, -0.25) is 14.4 Å². The number of nitrogens with one attached hydrogen (secondary N) is 2. The third-order valence-corrected chi connectivity index (χ3v) is 6.79. The molecule has 1 heterocycles. The van der Waals surface area contributed by atoms with E-state index in [0.717, 1.165) is 35.7 Å². The summed E-state index contributed by atoms with van der Waals surface area (Å²) in [7, 11) is 0. The lowest BCUT2D eigenvalue weighted by Crippen LogP contribution is -2.55. The summed E-state index contributed by atoms with van der Waals surface area (Å²) in [6.07, 6.45) is 4.24. The Morgan fingerprint density at radius 1 is 1.03 bits per heavy atom. The van der Waals surface area contributed by atoms with Gasteiger partial charge in [-0.1, -0.05) is 56.3 Å². The fraction of sp³-hybridized carbons (Fsp3) is 0.519. The SMILES string of the molecule is CC(C)[C@H](NC(=O)Cc1ccc2ccccc2c1)C(=O)N1CCC[C@H](C(=O)NCC2CC2)C1. The van der Waals surface area contributed by atoms with Gasteiger partial charge in [0.1, 0.15) is 6.04 Å². The molecule has 0 radical (unpaired) electrons. The lowest BCUT2D eigenvalue weighted by molar-refractivity contribution is -0.140. The maximum Gasteiger partial charge on any atom is 0.245 e. The number of nitrogens with zero attached hydrogens (tertiary/aromatic N) is 1. The molecule has 176 valence electrons. The van der Waals surface area contributed by atoms with Gasteiger partial charge < -0.3 is 15.5 Å². The van der Waals surface area contributed by atoms with Crippen LogP contribution in [0.15, 0.2) is 42.5 Å². The number of carbonyl (C=O) groups excluding carboxylic acids is 3.